The average molecular weight is 438 g/mol. The third kappa shape index (κ3) is 4.69. The largest absolute Gasteiger partial charge is 0.494 e. The van der Waals surface area contributed by atoms with E-state index in [-0.39, 0.29) is 17.2 Å². The highest BCUT2D eigenvalue weighted by Crippen LogP contribution is 2.38. The molecule has 0 saturated carbocycles. The van der Waals surface area contributed by atoms with Crippen LogP contribution in [0.4, 0.5) is 0 Å². The quantitative estimate of drug-likeness (QED) is 0.518. The van der Waals surface area contributed by atoms with Crippen LogP contribution in [0.15, 0.2) is 59.8 Å². The molecular formula is C23H27N5O2S. The predicted molar refractivity (Wildman–Crippen MR) is 123 cm³/mol. The van der Waals surface area contributed by atoms with E-state index in [9.17, 15) is 4.79 Å². The van der Waals surface area contributed by atoms with Gasteiger partial charge < -0.3 is 15.5 Å². The predicted octanol–water partition coefficient (Wildman–Crippen LogP) is 4.02. The Labute approximate surface area is 186 Å². The molecule has 2 atom stereocenters. The molecule has 7 nitrogen and oxygen atoms in total. The Kier molecular flexibility index (Phi) is 6.76. The fourth-order valence-corrected chi connectivity index (χ4v) is 4.61. The zero-order chi connectivity index (χ0) is 21.6. The molecule has 0 radical (unpaired) electrons. The standard InChI is InChI=1S/C23H27N5O2S/c1-3-5-15-24-22(29)20-19(16-11-13-18(14-12-16)30-4-2)27-28-21(25-26-23(28)31-20)17-9-7-6-8-10-17/h6-14,19-20,27H,3-5,15H2,1-2H3,(H,24,29)/t19-,20-/m0/s1. The summed E-state index contributed by atoms with van der Waals surface area (Å²) in [5, 5.41) is 12.1. The molecule has 0 unspecified atom stereocenters. The van der Waals surface area contributed by atoms with Crippen molar-refractivity contribution in [2.75, 3.05) is 18.6 Å². The molecule has 0 spiro atoms. The molecule has 1 aliphatic heterocycles. The van der Waals surface area contributed by atoms with Crippen molar-refractivity contribution < 1.29 is 9.53 Å². The second-order valence-corrected chi connectivity index (χ2v) is 8.41. The van der Waals surface area contributed by atoms with Gasteiger partial charge in [-0.1, -0.05) is 67.6 Å². The Morgan fingerprint density at radius 2 is 1.90 bits per heavy atom. The zero-order valence-electron chi connectivity index (χ0n) is 17.7. The van der Waals surface area contributed by atoms with E-state index in [4.69, 9.17) is 4.74 Å². The number of rotatable bonds is 8. The molecule has 0 aliphatic carbocycles. The molecule has 0 fully saturated rings. The summed E-state index contributed by atoms with van der Waals surface area (Å²) in [6.45, 7) is 5.36. The third-order valence-corrected chi connectivity index (χ3v) is 6.32. The highest BCUT2D eigenvalue weighted by Gasteiger charge is 2.37. The van der Waals surface area contributed by atoms with Gasteiger partial charge >= 0.3 is 0 Å². The SMILES string of the molecule is CCCCNC(=O)[C@H]1Sc2nnc(-c3ccccc3)n2N[C@H]1c1ccc(OCC)cc1. The van der Waals surface area contributed by atoms with Crippen LogP contribution >= 0.6 is 11.8 Å². The minimum atomic E-state index is -0.366. The smallest absolute Gasteiger partial charge is 0.236 e. The van der Waals surface area contributed by atoms with Gasteiger partial charge in [0.15, 0.2) is 5.82 Å². The van der Waals surface area contributed by atoms with Gasteiger partial charge in [-0.15, -0.1) is 10.2 Å². The van der Waals surface area contributed by atoms with Crippen LogP contribution in [0.1, 0.15) is 38.3 Å². The van der Waals surface area contributed by atoms with E-state index < -0.39 is 0 Å². The fourth-order valence-electron chi connectivity index (χ4n) is 3.51. The Morgan fingerprint density at radius 1 is 1.13 bits per heavy atom. The molecule has 2 aromatic carbocycles. The van der Waals surface area contributed by atoms with Crippen LogP contribution < -0.4 is 15.5 Å². The van der Waals surface area contributed by atoms with Gasteiger partial charge in [0.05, 0.1) is 12.6 Å². The second-order valence-electron chi connectivity index (χ2n) is 7.30. The van der Waals surface area contributed by atoms with Gasteiger partial charge in [-0.05, 0) is 31.0 Å². The Morgan fingerprint density at radius 3 is 2.61 bits per heavy atom. The molecule has 1 aromatic heterocycles. The first-order chi connectivity index (χ1) is 15.2. The number of unbranched alkanes of at least 4 members (excludes halogenated alkanes) is 1. The molecule has 1 amide bonds. The van der Waals surface area contributed by atoms with Crippen molar-refractivity contribution in [3.63, 3.8) is 0 Å². The zero-order valence-corrected chi connectivity index (χ0v) is 18.6. The number of carbonyl (C=O) groups excluding carboxylic acids is 1. The number of aromatic nitrogens is 3. The van der Waals surface area contributed by atoms with Crippen molar-refractivity contribution in [1.82, 2.24) is 20.2 Å². The number of hydrogen-bond donors (Lipinski definition) is 2. The lowest BCUT2D eigenvalue weighted by molar-refractivity contribution is -0.120. The highest BCUT2D eigenvalue weighted by molar-refractivity contribution is 8.00. The van der Waals surface area contributed by atoms with Crippen molar-refractivity contribution >= 4 is 17.7 Å². The lowest BCUT2D eigenvalue weighted by Gasteiger charge is -2.33. The van der Waals surface area contributed by atoms with E-state index in [1.165, 1.54) is 11.8 Å². The lowest BCUT2D eigenvalue weighted by Crippen LogP contribution is -2.44. The molecule has 162 valence electrons. The van der Waals surface area contributed by atoms with Gasteiger partial charge in [-0.3, -0.25) is 4.79 Å². The summed E-state index contributed by atoms with van der Waals surface area (Å²) in [4.78, 5) is 13.1. The van der Waals surface area contributed by atoms with Gasteiger partial charge in [0, 0.05) is 12.1 Å². The van der Waals surface area contributed by atoms with Gasteiger partial charge in [0.25, 0.3) is 0 Å². The third-order valence-electron chi connectivity index (χ3n) is 5.11. The molecule has 4 rings (SSSR count). The summed E-state index contributed by atoms with van der Waals surface area (Å²) in [7, 11) is 0. The fraction of sp³-hybridized carbons (Fsp3) is 0.348. The summed E-state index contributed by atoms with van der Waals surface area (Å²) >= 11 is 1.44. The molecule has 2 heterocycles. The van der Waals surface area contributed by atoms with E-state index in [0.717, 1.165) is 35.5 Å². The monoisotopic (exact) mass is 437 g/mol. The van der Waals surface area contributed by atoms with Crippen LogP contribution in [0.3, 0.4) is 0 Å². The summed E-state index contributed by atoms with van der Waals surface area (Å²) in [5.74, 6) is 1.54. The molecule has 8 heteroatoms. The van der Waals surface area contributed by atoms with Crippen molar-refractivity contribution in [3.05, 3.63) is 60.2 Å². The van der Waals surface area contributed by atoms with Crippen molar-refractivity contribution in [2.45, 2.75) is 43.1 Å². The van der Waals surface area contributed by atoms with Crippen LogP contribution in [-0.4, -0.2) is 39.2 Å². The summed E-state index contributed by atoms with van der Waals surface area (Å²) < 4.78 is 7.46. The van der Waals surface area contributed by atoms with Gasteiger partial charge in [-0.2, -0.15) is 0 Å². The number of hydrogen-bond acceptors (Lipinski definition) is 6. The summed E-state index contributed by atoms with van der Waals surface area (Å²) in [5.41, 5.74) is 5.47. The van der Waals surface area contributed by atoms with Crippen LogP contribution in [0.2, 0.25) is 0 Å². The Hall–Kier alpha value is -3.00. The summed E-state index contributed by atoms with van der Waals surface area (Å²) in [6.07, 6.45) is 1.99. The molecule has 0 saturated heterocycles. The van der Waals surface area contributed by atoms with Crippen LogP contribution in [0, 0.1) is 0 Å². The number of carbonyl (C=O) groups is 1. The molecule has 2 N–H and O–H groups in total. The van der Waals surface area contributed by atoms with E-state index in [0.29, 0.717) is 18.3 Å². The maximum atomic E-state index is 13.1. The van der Waals surface area contributed by atoms with E-state index in [1.807, 2.05) is 66.2 Å². The van der Waals surface area contributed by atoms with E-state index >= 15 is 0 Å². The van der Waals surface area contributed by atoms with Crippen LogP contribution in [0.5, 0.6) is 5.75 Å². The number of thioether (sulfide) groups is 1. The molecular weight excluding hydrogens is 410 g/mol. The number of fused-ring (bicyclic) bond motifs is 1. The van der Waals surface area contributed by atoms with Crippen molar-refractivity contribution in [2.24, 2.45) is 0 Å². The normalized spacial score (nSPS) is 17.5. The Balaban J connectivity index is 1.66. The first-order valence-corrected chi connectivity index (χ1v) is 11.5. The molecule has 0 bridgehead atoms. The number of amides is 1. The van der Waals surface area contributed by atoms with E-state index in [2.05, 4.69) is 27.9 Å². The molecule has 3 aromatic rings. The number of benzene rings is 2. The number of ether oxygens (including phenoxy) is 1. The second kappa shape index (κ2) is 9.87. The topological polar surface area (TPSA) is 81.1 Å². The van der Waals surface area contributed by atoms with Crippen molar-refractivity contribution in [1.29, 1.82) is 0 Å². The van der Waals surface area contributed by atoms with Crippen molar-refractivity contribution in [3.8, 4) is 17.1 Å². The maximum absolute atomic E-state index is 13.1. The number of nitrogens with zero attached hydrogens (tertiary/aromatic N) is 3. The van der Waals surface area contributed by atoms with Crippen LogP contribution in [-0.2, 0) is 4.79 Å². The number of nitrogens with one attached hydrogen (secondary N) is 2. The van der Waals surface area contributed by atoms with Gasteiger partial charge in [-0.25, -0.2) is 4.68 Å². The van der Waals surface area contributed by atoms with Crippen LogP contribution in [0.25, 0.3) is 11.4 Å². The minimum Gasteiger partial charge on any atom is -0.494 e. The minimum absolute atomic E-state index is 0.000320. The first-order valence-electron chi connectivity index (χ1n) is 10.7. The first kappa shape index (κ1) is 21.2. The Bertz CT molecular complexity index is 1010. The molecule has 31 heavy (non-hydrogen) atoms. The highest BCUT2D eigenvalue weighted by atomic mass is 32.2. The average Bonchev–Trinajstić information content (AvgIpc) is 3.23. The van der Waals surface area contributed by atoms with E-state index in [1.54, 1.807) is 0 Å². The van der Waals surface area contributed by atoms with Gasteiger partial charge in [0.1, 0.15) is 11.0 Å². The molecule has 1 aliphatic rings. The maximum Gasteiger partial charge on any atom is 0.236 e. The summed E-state index contributed by atoms with van der Waals surface area (Å²) in [6, 6.07) is 17.6. The lowest BCUT2D eigenvalue weighted by atomic mass is 10.0. The van der Waals surface area contributed by atoms with Gasteiger partial charge in [0.2, 0.25) is 11.1 Å².